The second-order valence-corrected chi connectivity index (χ2v) is 7.65. The van der Waals surface area contributed by atoms with Crippen LogP contribution in [-0.4, -0.2) is 13.0 Å². The van der Waals surface area contributed by atoms with E-state index in [9.17, 15) is 18.1 Å². The molecule has 5 nitrogen and oxygen atoms in total. The minimum Gasteiger partial charge on any atom is -0.870 e. The van der Waals surface area contributed by atoms with Crippen LogP contribution in [0.25, 0.3) is 0 Å². The van der Waals surface area contributed by atoms with E-state index in [-0.39, 0.29) is 35.3 Å². The summed E-state index contributed by atoms with van der Waals surface area (Å²) in [6.07, 6.45) is 6.82. The molecule has 2 aromatic carbocycles. The third-order valence-corrected chi connectivity index (χ3v) is 5.14. The van der Waals surface area contributed by atoms with Gasteiger partial charge in [0.1, 0.15) is 16.4 Å². The fraction of sp³-hybridized carbons (Fsp3) is 0.400. The number of hydrogen-bond donors (Lipinski definition) is 1. The molecule has 0 heterocycles. The quantitative estimate of drug-likeness (QED) is 0.373. The van der Waals surface area contributed by atoms with Crippen molar-refractivity contribution in [2.24, 2.45) is 0 Å². The van der Waals surface area contributed by atoms with Crippen LogP contribution in [-0.2, 0) is 16.5 Å². The zero-order chi connectivity index (χ0) is 19.0. The van der Waals surface area contributed by atoms with Gasteiger partial charge in [-0.3, -0.25) is 4.55 Å². The van der Waals surface area contributed by atoms with Gasteiger partial charge in [-0.25, -0.2) is 0 Å². The maximum atomic E-state index is 12.2. The van der Waals surface area contributed by atoms with E-state index in [1.807, 2.05) is 0 Å². The van der Waals surface area contributed by atoms with Gasteiger partial charge in [0.2, 0.25) is 0 Å². The van der Waals surface area contributed by atoms with Gasteiger partial charge in [0.05, 0.1) is 0 Å². The van der Waals surface area contributed by atoms with Crippen molar-refractivity contribution in [2.75, 3.05) is 0 Å². The summed E-state index contributed by atoms with van der Waals surface area (Å²) in [5.41, 5.74) is 0.411. The Morgan fingerprint density at radius 1 is 0.963 bits per heavy atom. The van der Waals surface area contributed by atoms with Crippen LogP contribution in [0.1, 0.15) is 51.0 Å². The standard InChI is InChI=1S/C20H26O5S.Na/c1-2-3-4-5-6-8-11-16-14-15-18(21)19(20(16)26(22,23)24)25-17-12-9-7-10-13-17;/h7,9-10,12-15,21H,2-6,8,11H2,1H3,(H,22,23,24);/q;+1/p-1. The summed E-state index contributed by atoms with van der Waals surface area (Å²) in [4.78, 5) is -0.414. The number of benzene rings is 2. The molecule has 2 rings (SSSR count). The Hall–Kier alpha value is -1.05. The molecule has 1 N–H and O–H groups in total. The van der Waals surface area contributed by atoms with Crippen LogP contribution < -0.4 is 39.4 Å². The molecule has 0 atom stereocenters. The first-order chi connectivity index (χ1) is 12.4. The molecule has 0 aliphatic carbocycles. The SMILES string of the molecule is CCCCCCCCc1ccc([O-])c(Oc2ccccc2)c1S(=O)(=O)O.[Na+]. The Bertz CT molecular complexity index is 807. The molecule has 0 spiro atoms. The monoisotopic (exact) mass is 400 g/mol. The topological polar surface area (TPSA) is 86.7 Å². The fourth-order valence-electron chi connectivity index (χ4n) is 2.86. The second-order valence-electron chi connectivity index (χ2n) is 6.29. The number of unbranched alkanes of at least 4 members (excludes halogenated alkanes) is 5. The Labute approximate surface area is 183 Å². The van der Waals surface area contributed by atoms with Crippen molar-refractivity contribution in [3.05, 3.63) is 48.0 Å². The maximum Gasteiger partial charge on any atom is 1.00 e. The zero-order valence-corrected chi connectivity index (χ0v) is 18.8. The van der Waals surface area contributed by atoms with Crippen LogP contribution in [0.5, 0.6) is 17.2 Å². The molecule has 0 saturated heterocycles. The smallest absolute Gasteiger partial charge is 0.870 e. The van der Waals surface area contributed by atoms with Gasteiger partial charge in [-0.05, 0) is 30.5 Å². The molecule has 0 unspecified atom stereocenters. The maximum absolute atomic E-state index is 12.2. The number of hydrogen-bond acceptors (Lipinski definition) is 4. The molecular weight excluding hydrogens is 375 g/mol. The normalized spacial score (nSPS) is 11.0. The van der Waals surface area contributed by atoms with Crippen LogP contribution in [0, 0.1) is 0 Å². The number of aryl methyl sites for hydroxylation is 1. The van der Waals surface area contributed by atoms with E-state index < -0.39 is 20.8 Å². The van der Waals surface area contributed by atoms with E-state index in [0.29, 0.717) is 17.7 Å². The van der Waals surface area contributed by atoms with E-state index in [0.717, 1.165) is 32.1 Å². The van der Waals surface area contributed by atoms with Crippen LogP contribution in [0.4, 0.5) is 0 Å². The Balaban J connectivity index is 0.00000364. The van der Waals surface area contributed by atoms with E-state index >= 15 is 0 Å². The van der Waals surface area contributed by atoms with Crippen molar-refractivity contribution < 1.29 is 52.4 Å². The third kappa shape index (κ3) is 7.47. The molecule has 0 bridgehead atoms. The average molecular weight is 400 g/mol. The minimum absolute atomic E-state index is 0. The molecule has 0 aliphatic heterocycles. The molecule has 0 aliphatic rings. The molecule has 0 radical (unpaired) electrons. The molecule has 0 aromatic heterocycles. The van der Waals surface area contributed by atoms with Gasteiger partial charge in [0.15, 0.2) is 0 Å². The van der Waals surface area contributed by atoms with Gasteiger partial charge in [0, 0.05) is 0 Å². The van der Waals surface area contributed by atoms with Gasteiger partial charge in [-0.15, -0.1) is 0 Å². The van der Waals surface area contributed by atoms with Crippen LogP contribution >= 0.6 is 0 Å². The van der Waals surface area contributed by atoms with E-state index in [1.54, 1.807) is 30.3 Å². The largest absolute Gasteiger partial charge is 1.00 e. The zero-order valence-electron chi connectivity index (χ0n) is 16.0. The van der Waals surface area contributed by atoms with Crippen molar-refractivity contribution in [2.45, 2.75) is 56.8 Å². The van der Waals surface area contributed by atoms with Gasteiger partial charge < -0.3 is 9.84 Å². The first-order valence-corrected chi connectivity index (χ1v) is 10.4. The number of para-hydroxylation sites is 1. The third-order valence-electron chi connectivity index (χ3n) is 4.18. The summed E-state index contributed by atoms with van der Waals surface area (Å²) < 4.78 is 39.0. The van der Waals surface area contributed by atoms with Gasteiger partial charge in [-0.2, -0.15) is 8.42 Å². The molecule has 0 saturated carbocycles. The van der Waals surface area contributed by atoms with Crippen molar-refractivity contribution in [3.63, 3.8) is 0 Å². The first kappa shape index (κ1) is 24.0. The first-order valence-electron chi connectivity index (χ1n) is 8.96. The Kier molecular flexibility index (Phi) is 10.4. The minimum atomic E-state index is -4.58. The van der Waals surface area contributed by atoms with Crippen molar-refractivity contribution in [3.8, 4) is 17.2 Å². The van der Waals surface area contributed by atoms with Crippen LogP contribution in [0.2, 0.25) is 0 Å². The molecular formula is C20H25NaO5S. The van der Waals surface area contributed by atoms with Crippen LogP contribution in [0.15, 0.2) is 47.4 Å². The van der Waals surface area contributed by atoms with Gasteiger partial charge >= 0.3 is 29.6 Å². The molecule has 27 heavy (non-hydrogen) atoms. The summed E-state index contributed by atoms with van der Waals surface area (Å²) >= 11 is 0. The summed E-state index contributed by atoms with van der Waals surface area (Å²) in [6.45, 7) is 2.15. The molecule has 0 fully saturated rings. The number of rotatable bonds is 10. The van der Waals surface area contributed by atoms with E-state index in [4.69, 9.17) is 4.74 Å². The summed E-state index contributed by atoms with van der Waals surface area (Å²) in [7, 11) is -4.58. The Morgan fingerprint density at radius 2 is 1.59 bits per heavy atom. The summed E-state index contributed by atoms with van der Waals surface area (Å²) in [5.74, 6) is -0.582. The summed E-state index contributed by atoms with van der Waals surface area (Å²) in [6, 6.07) is 11.2. The second kappa shape index (κ2) is 11.7. The molecule has 0 amide bonds. The molecule has 142 valence electrons. The van der Waals surface area contributed by atoms with E-state index in [1.165, 1.54) is 18.6 Å². The van der Waals surface area contributed by atoms with Crippen molar-refractivity contribution in [1.29, 1.82) is 0 Å². The van der Waals surface area contributed by atoms with Crippen molar-refractivity contribution >= 4 is 10.1 Å². The average Bonchev–Trinajstić information content (AvgIpc) is 2.60. The van der Waals surface area contributed by atoms with E-state index in [2.05, 4.69) is 6.92 Å². The fourth-order valence-corrected chi connectivity index (χ4v) is 3.74. The predicted octanol–water partition coefficient (Wildman–Crippen LogP) is 1.71. The molecule has 7 heteroatoms. The van der Waals surface area contributed by atoms with Crippen LogP contribution in [0.3, 0.4) is 0 Å². The van der Waals surface area contributed by atoms with Crippen molar-refractivity contribution in [1.82, 2.24) is 0 Å². The number of ether oxygens (including phenoxy) is 1. The predicted molar refractivity (Wildman–Crippen MR) is 99.3 cm³/mol. The summed E-state index contributed by atoms with van der Waals surface area (Å²) in [5, 5.41) is 12.2. The Morgan fingerprint density at radius 3 is 2.22 bits per heavy atom. The molecule has 2 aromatic rings. The van der Waals surface area contributed by atoms with Gasteiger partial charge in [-0.1, -0.05) is 75.1 Å². The van der Waals surface area contributed by atoms with Gasteiger partial charge in [0.25, 0.3) is 10.1 Å².